The number of aromatic nitrogens is 1. The lowest BCUT2D eigenvalue weighted by Gasteiger charge is -2.36. The number of rotatable bonds is 3. The van der Waals surface area contributed by atoms with Gasteiger partial charge in [-0.1, -0.05) is 5.16 Å². The van der Waals surface area contributed by atoms with Crippen LogP contribution >= 0.6 is 0 Å². The first-order chi connectivity index (χ1) is 7.72. The molecule has 0 aliphatic carbocycles. The molecule has 2 rings (SSSR count). The van der Waals surface area contributed by atoms with Crippen LogP contribution in [0.4, 0.5) is 5.88 Å². The van der Waals surface area contributed by atoms with Gasteiger partial charge < -0.3 is 29.9 Å². The van der Waals surface area contributed by atoms with Crippen molar-refractivity contribution in [1.82, 2.24) is 5.16 Å². The van der Waals surface area contributed by atoms with E-state index in [4.69, 9.17) is 14.4 Å². The van der Waals surface area contributed by atoms with Crippen LogP contribution in [0.25, 0.3) is 0 Å². The molecule has 1 aromatic heterocycles. The second-order valence-corrected chi connectivity index (χ2v) is 3.66. The van der Waals surface area contributed by atoms with Gasteiger partial charge in [0.05, 0.1) is 25.5 Å². The maximum atomic E-state index is 9.77. The monoisotopic (exact) mass is 230 g/mol. The molecule has 1 aliphatic heterocycles. The molecule has 0 saturated carbocycles. The van der Waals surface area contributed by atoms with Gasteiger partial charge in [-0.2, -0.15) is 0 Å². The molecule has 0 unspecified atom stereocenters. The van der Waals surface area contributed by atoms with Gasteiger partial charge in [0, 0.05) is 6.07 Å². The molecule has 2 heterocycles. The van der Waals surface area contributed by atoms with Gasteiger partial charge in [-0.3, -0.25) is 0 Å². The lowest BCUT2D eigenvalue weighted by Crippen LogP contribution is -2.56. The largest absolute Gasteiger partial charge is 0.394 e. The molecule has 1 fully saturated rings. The molecule has 4 atom stereocenters. The summed E-state index contributed by atoms with van der Waals surface area (Å²) >= 11 is 0. The first kappa shape index (κ1) is 11.3. The highest BCUT2D eigenvalue weighted by molar-refractivity contribution is 5.30. The van der Waals surface area contributed by atoms with Crippen molar-refractivity contribution in [2.24, 2.45) is 0 Å². The Morgan fingerprint density at radius 1 is 1.44 bits per heavy atom. The predicted octanol–water partition coefficient (Wildman–Crippen LogP) is -1.43. The maximum Gasteiger partial charge on any atom is 0.224 e. The van der Waals surface area contributed by atoms with Crippen LogP contribution in [0.1, 0.15) is 0 Å². The van der Waals surface area contributed by atoms with Gasteiger partial charge in [-0.25, -0.2) is 0 Å². The lowest BCUT2D eigenvalue weighted by molar-refractivity contribution is -0.152. The molecule has 0 amide bonds. The van der Waals surface area contributed by atoms with Crippen LogP contribution in [0.2, 0.25) is 0 Å². The molecule has 0 spiro atoms. The molecular formula is C9H14N2O5. The van der Waals surface area contributed by atoms with Crippen molar-refractivity contribution >= 4 is 5.88 Å². The van der Waals surface area contributed by atoms with Gasteiger partial charge in [0.25, 0.3) is 0 Å². The van der Waals surface area contributed by atoms with E-state index in [1.54, 1.807) is 6.07 Å². The predicted molar refractivity (Wildman–Crippen MR) is 52.8 cm³/mol. The summed E-state index contributed by atoms with van der Waals surface area (Å²) in [5.41, 5.74) is 0. The molecule has 7 nitrogen and oxygen atoms in total. The third-order valence-electron chi connectivity index (χ3n) is 2.58. The Morgan fingerprint density at radius 3 is 2.88 bits per heavy atom. The fourth-order valence-electron chi connectivity index (χ4n) is 1.64. The van der Waals surface area contributed by atoms with Crippen molar-refractivity contribution in [2.45, 2.75) is 24.4 Å². The van der Waals surface area contributed by atoms with E-state index >= 15 is 0 Å². The lowest BCUT2D eigenvalue weighted by atomic mass is 9.98. The number of hydrogen-bond acceptors (Lipinski definition) is 7. The molecular weight excluding hydrogens is 216 g/mol. The van der Waals surface area contributed by atoms with Gasteiger partial charge in [-0.15, -0.1) is 0 Å². The Balaban J connectivity index is 1.97. The molecule has 0 bridgehead atoms. The van der Waals surface area contributed by atoms with E-state index in [-0.39, 0.29) is 13.2 Å². The number of aliphatic hydroxyl groups is 3. The summed E-state index contributed by atoms with van der Waals surface area (Å²) in [5.74, 6) is 0.391. The minimum atomic E-state index is -1.13. The minimum Gasteiger partial charge on any atom is -0.394 e. The summed E-state index contributed by atoms with van der Waals surface area (Å²) in [6, 6.07) is 1.10. The summed E-state index contributed by atoms with van der Waals surface area (Å²) < 4.78 is 10.0. The van der Waals surface area contributed by atoms with E-state index in [2.05, 4.69) is 10.5 Å². The number of ether oxygens (including phenoxy) is 1. The maximum absolute atomic E-state index is 9.77. The summed E-state index contributed by atoms with van der Waals surface area (Å²) in [6.07, 6.45) is -1.44. The smallest absolute Gasteiger partial charge is 0.224 e. The second-order valence-electron chi connectivity index (χ2n) is 3.66. The van der Waals surface area contributed by atoms with Crippen LogP contribution in [-0.4, -0.2) is 58.0 Å². The Labute approximate surface area is 91.6 Å². The van der Waals surface area contributed by atoms with Crippen LogP contribution in [-0.2, 0) is 4.74 Å². The van der Waals surface area contributed by atoms with Crippen molar-refractivity contribution in [3.05, 3.63) is 12.3 Å². The minimum absolute atomic E-state index is 0.171. The zero-order valence-electron chi connectivity index (χ0n) is 8.48. The van der Waals surface area contributed by atoms with Crippen molar-refractivity contribution in [1.29, 1.82) is 0 Å². The average Bonchev–Trinajstić information content (AvgIpc) is 2.78. The van der Waals surface area contributed by atoms with Gasteiger partial charge in [-0.05, 0) is 0 Å². The van der Waals surface area contributed by atoms with Crippen molar-refractivity contribution < 1.29 is 24.6 Å². The Morgan fingerprint density at radius 2 is 2.25 bits per heavy atom. The zero-order valence-corrected chi connectivity index (χ0v) is 8.48. The SMILES string of the molecule is OC[C@H]1OC[C@@H](Nc2ccno2)[C@@H](O)[C@H]1O. The number of nitrogens with zero attached hydrogens (tertiary/aromatic N) is 1. The quantitative estimate of drug-likeness (QED) is 0.504. The van der Waals surface area contributed by atoms with Crippen molar-refractivity contribution in [3.8, 4) is 0 Å². The van der Waals surface area contributed by atoms with E-state index in [9.17, 15) is 10.2 Å². The molecule has 1 aliphatic rings. The van der Waals surface area contributed by atoms with Crippen LogP contribution in [0, 0.1) is 0 Å². The molecule has 1 aromatic rings. The topological polar surface area (TPSA) is 108 Å². The van der Waals surface area contributed by atoms with E-state index in [0.29, 0.717) is 5.88 Å². The van der Waals surface area contributed by atoms with Crippen molar-refractivity contribution in [2.75, 3.05) is 18.5 Å². The van der Waals surface area contributed by atoms with Crippen LogP contribution in [0.15, 0.2) is 16.8 Å². The average molecular weight is 230 g/mol. The molecule has 4 N–H and O–H groups in total. The van der Waals surface area contributed by atoms with Crippen LogP contribution in [0.3, 0.4) is 0 Å². The molecule has 0 aromatic carbocycles. The summed E-state index contributed by atoms with van der Waals surface area (Å²) in [5, 5.41) is 34.6. The fraction of sp³-hybridized carbons (Fsp3) is 0.667. The normalized spacial score (nSPS) is 34.9. The van der Waals surface area contributed by atoms with E-state index < -0.39 is 24.4 Å². The number of anilines is 1. The highest BCUT2D eigenvalue weighted by atomic mass is 16.5. The van der Waals surface area contributed by atoms with Gasteiger partial charge in [0.1, 0.15) is 18.3 Å². The first-order valence-corrected chi connectivity index (χ1v) is 4.98. The van der Waals surface area contributed by atoms with Crippen LogP contribution < -0.4 is 5.32 Å². The third kappa shape index (κ3) is 2.17. The Bertz CT molecular complexity index is 318. The number of nitrogens with one attached hydrogen (secondary N) is 1. The van der Waals surface area contributed by atoms with E-state index in [0.717, 1.165) is 0 Å². The second kappa shape index (κ2) is 4.79. The Kier molecular flexibility index (Phi) is 3.39. The number of hydrogen-bond donors (Lipinski definition) is 4. The molecule has 90 valence electrons. The van der Waals surface area contributed by atoms with Crippen LogP contribution in [0.5, 0.6) is 0 Å². The first-order valence-electron chi connectivity index (χ1n) is 4.98. The fourth-order valence-corrected chi connectivity index (χ4v) is 1.64. The standard InChI is InChI=1S/C9H14N2O5/c12-3-6-9(14)8(13)5(4-15-6)11-7-1-2-10-16-7/h1-2,5-6,8-9,11-14H,3-4H2/t5-,6-,8-,9+/m1/s1. The van der Waals surface area contributed by atoms with Gasteiger partial charge in [0.15, 0.2) is 0 Å². The molecule has 16 heavy (non-hydrogen) atoms. The summed E-state index contributed by atoms with van der Waals surface area (Å²) in [7, 11) is 0. The van der Waals surface area contributed by atoms with Gasteiger partial charge >= 0.3 is 0 Å². The highest BCUT2D eigenvalue weighted by Crippen LogP contribution is 2.18. The van der Waals surface area contributed by atoms with Crippen molar-refractivity contribution in [3.63, 3.8) is 0 Å². The Hall–Kier alpha value is -1.15. The highest BCUT2D eigenvalue weighted by Gasteiger charge is 2.38. The molecule has 0 radical (unpaired) electrons. The molecule has 7 heteroatoms. The number of aliphatic hydroxyl groups excluding tert-OH is 3. The van der Waals surface area contributed by atoms with E-state index in [1.165, 1.54) is 6.20 Å². The summed E-state index contributed by atoms with van der Waals surface area (Å²) in [4.78, 5) is 0. The molecule has 1 saturated heterocycles. The summed E-state index contributed by atoms with van der Waals surface area (Å²) in [6.45, 7) is -0.155. The van der Waals surface area contributed by atoms with E-state index in [1.807, 2.05) is 0 Å². The third-order valence-corrected chi connectivity index (χ3v) is 2.58. The van der Waals surface area contributed by atoms with Gasteiger partial charge in [0.2, 0.25) is 5.88 Å². The zero-order chi connectivity index (χ0) is 11.5.